The lowest BCUT2D eigenvalue weighted by Gasteiger charge is -2.12. The van der Waals surface area contributed by atoms with Gasteiger partial charge in [0.05, 0.1) is 0 Å². The van der Waals surface area contributed by atoms with E-state index in [0.717, 1.165) is 11.3 Å². The summed E-state index contributed by atoms with van der Waals surface area (Å²) in [5, 5.41) is 0. The van der Waals surface area contributed by atoms with Gasteiger partial charge in [0, 0.05) is 26.3 Å². The van der Waals surface area contributed by atoms with Crippen LogP contribution in [0.4, 0.5) is 10.1 Å². The maximum Gasteiger partial charge on any atom is 0.110 e. The minimum Gasteiger partial charge on any atom is -0.378 e. The Morgan fingerprint density at radius 2 is 2.12 bits per heavy atom. The lowest BCUT2D eigenvalue weighted by Crippen LogP contribution is -2.08. The standard InChI is InChI=1S/C12H17FN2.ClH/c1-15(2)12-5-3-4-10(8-12)6-7-11(13)9-14;/h3-5,7-8H,6,9,14H2,1-2H3;1H/b11-7-;. The molecule has 0 amide bonds. The van der Waals surface area contributed by atoms with Crippen LogP contribution >= 0.6 is 12.4 Å². The molecule has 0 aliphatic carbocycles. The highest BCUT2D eigenvalue weighted by atomic mass is 35.5. The predicted octanol–water partition coefficient (Wildman–Crippen LogP) is 2.53. The lowest BCUT2D eigenvalue weighted by atomic mass is 10.1. The molecule has 1 aromatic rings. The number of rotatable bonds is 4. The molecule has 4 heteroatoms. The Hall–Kier alpha value is -1.06. The molecule has 0 saturated heterocycles. The molecular weight excluding hydrogens is 227 g/mol. The number of nitrogens with zero attached hydrogens (tertiary/aromatic N) is 1. The zero-order valence-corrected chi connectivity index (χ0v) is 10.4. The fourth-order valence-electron chi connectivity index (χ4n) is 1.27. The first-order valence-electron chi connectivity index (χ1n) is 4.94. The summed E-state index contributed by atoms with van der Waals surface area (Å²) in [6, 6.07) is 8.01. The highest BCUT2D eigenvalue weighted by molar-refractivity contribution is 5.85. The molecule has 2 nitrogen and oxygen atoms in total. The highest BCUT2D eigenvalue weighted by Crippen LogP contribution is 2.14. The van der Waals surface area contributed by atoms with Crippen molar-refractivity contribution < 1.29 is 4.39 Å². The summed E-state index contributed by atoms with van der Waals surface area (Å²) in [5.74, 6) is -0.259. The van der Waals surface area contributed by atoms with Crippen LogP contribution in [0, 0.1) is 0 Å². The second-order valence-corrected chi connectivity index (χ2v) is 3.62. The summed E-state index contributed by atoms with van der Waals surface area (Å²) in [6.07, 6.45) is 2.11. The first-order valence-corrected chi connectivity index (χ1v) is 4.94. The van der Waals surface area contributed by atoms with Gasteiger partial charge in [0.25, 0.3) is 0 Å². The Morgan fingerprint density at radius 1 is 1.44 bits per heavy atom. The number of benzene rings is 1. The van der Waals surface area contributed by atoms with Crippen LogP contribution in [0.2, 0.25) is 0 Å². The SMILES string of the molecule is CN(C)c1cccc(C/C=C(\F)CN)c1.Cl. The van der Waals surface area contributed by atoms with Gasteiger partial charge >= 0.3 is 0 Å². The molecular formula is C12H18ClFN2. The zero-order valence-electron chi connectivity index (χ0n) is 9.61. The van der Waals surface area contributed by atoms with Crippen molar-refractivity contribution in [3.05, 3.63) is 41.7 Å². The average molecular weight is 245 g/mol. The van der Waals surface area contributed by atoms with E-state index in [1.807, 2.05) is 43.3 Å². The normalized spacial score (nSPS) is 10.9. The zero-order chi connectivity index (χ0) is 11.3. The van der Waals surface area contributed by atoms with Crippen molar-refractivity contribution in [2.24, 2.45) is 5.73 Å². The van der Waals surface area contributed by atoms with E-state index in [-0.39, 0.29) is 24.8 Å². The van der Waals surface area contributed by atoms with Gasteiger partial charge in [-0.25, -0.2) is 4.39 Å². The minimum atomic E-state index is -0.259. The van der Waals surface area contributed by atoms with Crippen molar-refractivity contribution in [1.29, 1.82) is 0 Å². The van der Waals surface area contributed by atoms with Crippen molar-refractivity contribution >= 4 is 18.1 Å². The summed E-state index contributed by atoms with van der Waals surface area (Å²) in [6.45, 7) is -0.0205. The topological polar surface area (TPSA) is 29.3 Å². The second-order valence-electron chi connectivity index (χ2n) is 3.62. The van der Waals surface area contributed by atoms with Gasteiger partial charge < -0.3 is 10.6 Å². The van der Waals surface area contributed by atoms with Crippen LogP contribution in [-0.4, -0.2) is 20.6 Å². The molecule has 0 atom stereocenters. The molecule has 2 N–H and O–H groups in total. The summed E-state index contributed by atoms with van der Waals surface area (Å²) >= 11 is 0. The molecule has 0 saturated carbocycles. The monoisotopic (exact) mass is 244 g/mol. The van der Waals surface area contributed by atoms with Gasteiger partial charge in [-0.3, -0.25) is 0 Å². The van der Waals surface area contributed by atoms with Gasteiger partial charge in [0.1, 0.15) is 5.83 Å². The molecule has 0 bridgehead atoms. The third-order valence-corrected chi connectivity index (χ3v) is 2.18. The third kappa shape index (κ3) is 4.64. The van der Waals surface area contributed by atoms with Crippen LogP contribution in [-0.2, 0) is 6.42 Å². The van der Waals surface area contributed by atoms with E-state index in [9.17, 15) is 4.39 Å². The number of allylic oxidation sites excluding steroid dienone is 1. The summed E-state index contributed by atoms with van der Waals surface area (Å²) in [5.41, 5.74) is 7.37. The van der Waals surface area contributed by atoms with E-state index < -0.39 is 0 Å². The van der Waals surface area contributed by atoms with Crippen molar-refractivity contribution in [3.63, 3.8) is 0 Å². The fourth-order valence-corrected chi connectivity index (χ4v) is 1.27. The van der Waals surface area contributed by atoms with Crippen LogP contribution < -0.4 is 10.6 Å². The number of hydrogen-bond donors (Lipinski definition) is 1. The summed E-state index contributed by atoms with van der Waals surface area (Å²) < 4.78 is 12.8. The lowest BCUT2D eigenvalue weighted by molar-refractivity contribution is 0.614. The molecule has 0 unspecified atom stereocenters. The van der Waals surface area contributed by atoms with E-state index in [4.69, 9.17) is 5.73 Å². The van der Waals surface area contributed by atoms with Crippen LogP contribution in [0.25, 0.3) is 0 Å². The molecule has 90 valence electrons. The van der Waals surface area contributed by atoms with Crippen molar-refractivity contribution in [2.45, 2.75) is 6.42 Å². The maximum absolute atomic E-state index is 12.8. The Kier molecular flexibility index (Phi) is 6.77. The quantitative estimate of drug-likeness (QED) is 0.882. The van der Waals surface area contributed by atoms with Crippen molar-refractivity contribution in [2.75, 3.05) is 25.5 Å². The number of halogens is 2. The number of anilines is 1. The Bertz CT molecular complexity index is 351. The second kappa shape index (κ2) is 7.25. The maximum atomic E-state index is 12.8. The van der Waals surface area contributed by atoms with Gasteiger partial charge in [-0.15, -0.1) is 12.4 Å². The van der Waals surface area contributed by atoms with E-state index in [2.05, 4.69) is 0 Å². The van der Waals surface area contributed by atoms with Gasteiger partial charge in [-0.05, 0) is 30.2 Å². The molecule has 0 fully saturated rings. The van der Waals surface area contributed by atoms with Gasteiger partial charge in [-0.1, -0.05) is 12.1 Å². The minimum absolute atomic E-state index is 0. The summed E-state index contributed by atoms with van der Waals surface area (Å²) in [4.78, 5) is 2.02. The van der Waals surface area contributed by atoms with Gasteiger partial charge in [0.2, 0.25) is 0 Å². The molecule has 0 aliphatic rings. The molecule has 0 aliphatic heterocycles. The van der Waals surface area contributed by atoms with E-state index in [0.29, 0.717) is 6.42 Å². The number of nitrogens with two attached hydrogens (primary N) is 1. The van der Waals surface area contributed by atoms with E-state index in [1.54, 1.807) is 0 Å². The predicted molar refractivity (Wildman–Crippen MR) is 70.0 cm³/mol. The molecule has 16 heavy (non-hydrogen) atoms. The molecule has 0 heterocycles. The Morgan fingerprint density at radius 3 is 2.69 bits per heavy atom. The molecule has 0 spiro atoms. The van der Waals surface area contributed by atoms with Crippen LogP contribution in [0.1, 0.15) is 5.56 Å². The smallest absolute Gasteiger partial charge is 0.110 e. The first-order chi connectivity index (χ1) is 7.13. The Balaban J connectivity index is 0.00000225. The van der Waals surface area contributed by atoms with Gasteiger partial charge in [0.15, 0.2) is 0 Å². The summed E-state index contributed by atoms with van der Waals surface area (Å²) in [7, 11) is 3.96. The van der Waals surface area contributed by atoms with E-state index in [1.165, 1.54) is 6.08 Å². The fraction of sp³-hybridized carbons (Fsp3) is 0.333. The number of hydrogen-bond acceptors (Lipinski definition) is 2. The van der Waals surface area contributed by atoms with Crippen molar-refractivity contribution in [3.8, 4) is 0 Å². The molecule has 0 radical (unpaired) electrons. The van der Waals surface area contributed by atoms with Crippen LogP contribution in [0.3, 0.4) is 0 Å². The highest BCUT2D eigenvalue weighted by Gasteiger charge is 1.97. The van der Waals surface area contributed by atoms with Crippen molar-refractivity contribution in [1.82, 2.24) is 0 Å². The third-order valence-electron chi connectivity index (χ3n) is 2.18. The Labute approximate surface area is 102 Å². The average Bonchev–Trinajstić information content (AvgIpc) is 2.26. The van der Waals surface area contributed by atoms with Crippen LogP contribution in [0.15, 0.2) is 36.2 Å². The molecule has 0 aromatic heterocycles. The largest absolute Gasteiger partial charge is 0.378 e. The molecule has 1 aromatic carbocycles. The van der Waals surface area contributed by atoms with Crippen LogP contribution in [0.5, 0.6) is 0 Å². The molecule has 1 rings (SSSR count). The van der Waals surface area contributed by atoms with E-state index >= 15 is 0 Å². The van der Waals surface area contributed by atoms with Gasteiger partial charge in [-0.2, -0.15) is 0 Å². The first kappa shape index (κ1) is 14.9.